The molecule has 72 heavy (non-hydrogen) atoms. The van der Waals surface area contributed by atoms with Crippen molar-refractivity contribution in [3.05, 3.63) is 161 Å². The van der Waals surface area contributed by atoms with Crippen LogP contribution in [-0.4, -0.2) is 91.7 Å². The van der Waals surface area contributed by atoms with Gasteiger partial charge in [-0.3, -0.25) is 25.4 Å². The zero-order valence-corrected chi connectivity index (χ0v) is 40.0. The van der Waals surface area contributed by atoms with Gasteiger partial charge in [0.2, 0.25) is 0 Å². The van der Waals surface area contributed by atoms with Gasteiger partial charge >= 0.3 is 24.5 Å². The number of hydrogen-bond acceptors (Lipinski definition) is 12. The zero-order chi connectivity index (χ0) is 54.9. The van der Waals surface area contributed by atoms with Crippen molar-refractivity contribution in [3.8, 4) is 5.75 Å². The fraction of sp³-hybridized carbons (Fsp3) is 0.261. The number of carbonyl (C=O) groups excluding carboxylic acids is 2. The van der Waals surface area contributed by atoms with Crippen LogP contribution in [0.25, 0.3) is 11.1 Å². The van der Waals surface area contributed by atoms with Gasteiger partial charge in [0.05, 0.1) is 60.7 Å². The number of rotatable bonds is 10. The maximum Gasteiger partial charge on any atom is 0.417 e. The molecule has 2 aliphatic heterocycles. The molecular formula is C46H43Cl4F6N7O9. The van der Waals surface area contributed by atoms with E-state index in [4.69, 9.17) is 64.3 Å². The van der Waals surface area contributed by atoms with Gasteiger partial charge in [0.15, 0.2) is 0 Å². The van der Waals surface area contributed by atoms with Gasteiger partial charge < -0.3 is 40.7 Å². The van der Waals surface area contributed by atoms with Gasteiger partial charge in [-0.05, 0) is 91.2 Å². The molecule has 7 rings (SSSR count). The van der Waals surface area contributed by atoms with Crippen LogP contribution in [0.2, 0.25) is 20.1 Å². The molecule has 0 saturated heterocycles. The number of alkyl halides is 6. The zero-order valence-electron chi connectivity index (χ0n) is 38.9. The van der Waals surface area contributed by atoms with Gasteiger partial charge in [-0.25, -0.2) is 9.59 Å². The molecule has 26 heteroatoms. The Morgan fingerprint density at radius 3 is 1.67 bits per heavy atom. The van der Waals surface area contributed by atoms with E-state index in [1.807, 2.05) is 0 Å². The minimum absolute atomic E-state index is 0.0000818. The second-order valence-corrected chi connectivity index (χ2v) is 16.9. The first kappa shape index (κ1) is 55.2. The van der Waals surface area contributed by atoms with Crippen molar-refractivity contribution in [2.75, 3.05) is 50.0 Å². The third-order valence-corrected chi connectivity index (χ3v) is 11.5. The predicted molar refractivity (Wildman–Crippen MR) is 259 cm³/mol. The molecule has 0 bridgehead atoms. The Bertz CT molecular complexity index is 2820. The monoisotopic (exact) mass is 1090 g/mol. The lowest BCUT2D eigenvalue weighted by Crippen LogP contribution is -2.38. The molecule has 0 aliphatic carbocycles. The first-order valence-corrected chi connectivity index (χ1v) is 22.5. The number of nitro benzene ring substituents is 1. The third kappa shape index (κ3) is 16.0. The lowest BCUT2D eigenvalue weighted by Gasteiger charge is -2.27. The molecule has 7 N–H and O–H groups in total. The number of anilines is 2. The van der Waals surface area contributed by atoms with Crippen LogP contribution in [0, 0.1) is 10.1 Å². The van der Waals surface area contributed by atoms with E-state index in [2.05, 4.69) is 32.0 Å². The maximum atomic E-state index is 12.8. The number of aliphatic hydroxyl groups is 4. The maximum absolute atomic E-state index is 12.8. The molecule has 2 atom stereocenters. The number of hydrogen-bond donors (Lipinski definition) is 7. The van der Waals surface area contributed by atoms with Crippen molar-refractivity contribution < 1.29 is 69.0 Å². The van der Waals surface area contributed by atoms with Gasteiger partial charge in [0.25, 0.3) is 5.69 Å². The molecule has 3 amide bonds. The smallest absolute Gasteiger partial charge is 0.410 e. The van der Waals surface area contributed by atoms with E-state index in [0.717, 1.165) is 84.9 Å². The summed E-state index contributed by atoms with van der Waals surface area (Å²) in [5.74, 6) is 0.0242. The average Bonchev–Trinajstić information content (AvgIpc) is 3.36. The molecule has 4 heterocycles. The van der Waals surface area contributed by atoms with E-state index in [0.29, 0.717) is 39.8 Å². The first-order chi connectivity index (χ1) is 35.0. The summed E-state index contributed by atoms with van der Waals surface area (Å²) in [5, 5.41) is 55.2. The molecule has 2 aromatic heterocycles. The molecule has 0 spiro atoms. The van der Waals surface area contributed by atoms with Crippen LogP contribution in [0.1, 0.15) is 61.7 Å². The van der Waals surface area contributed by atoms with E-state index >= 15 is 0 Å². The van der Waals surface area contributed by atoms with E-state index in [1.165, 1.54) is 29.3 Å². The second kappa shape index (κ2) is 25.5. The molecule has 3 aromatic carbocycles. The Labute approximate surface area is 428 Å². The molecule has 0 saturated carbocycles. The lowest BCUT2D eigenvalue weighted by molar-refractivity contribution is -0.384. The van der Waals surface area contributed by atoms with Crippen molar-refractivity contribution in [2.45, 2.75) is 37.4 Å². The van der Waals surface area contributed by atoms with Crippen molar-refractivity contribution in [1.82, 2.24) is 20.2 Å². The number of urea groups is 1. The van der Waals surface area contributed by atoms with Crippen LogP contribution in [0.5, 0.6) is 5.75 Å². The fourth-order valence-corrected chi connectivity index (χ4v) is 7.76. The minimum Gasteiger partial charge on any atom is -0.410 e. The largest absolute Gasteiger partial charge is 0.417 e. The predicted octanol–water partition coefficient (Wildman–Crippen LogP) is 11.0. The Balaban J connectivity index is 0.000000246. The Morgan fingerprint density at radius 2 is 1.26 bits per heavy atom. The molecule has 2 aliphatic rings. The summed E-state index contributed by atoms with van der Waals surface area (Å²) < 4.78 is 91.0. The summed E-state index contributed by atoms with van der Waals surface area (Å²) in [6, 6.07) is 13.1. The highest BCUT2D eigenvalue weighted by Gasteiger charge is 2.34. The number of halogens is 10. The number of amides is 3. The van der Waals surface area contributed by atoms with E-state index < -0.39 is 69.4 Å². The highest BCUT2D eigenvalue weighted by Crippen LogP contribution is 2.38. The molecule has 5 aromatic rings. The number of ether oxygens (including phenoxy) is 1. The first-order valence-electron chi connectivity index (χ1n) is 22.0. The van der Waals surface area contributed by atoms with Gasteiger partial charge in [-0.1, -0.05) is 58.6 Å². The molecule has 0 radical (unpaired) electrons. The number of carbonyl (C=O) groups is 2. The molecule has 16 nitrogen and oxygen atoms in total. The van der Waals surface area contributed by atoms with E-state index in [-0.39, 0.29) is 36.0 Å². The number of aliphatic hydroxyl groups excluding tert-OH is 4. The quantitative estimate of drug-likeness (QED) is 0.0393. The lowest BCUT2D eigenvalue weighted by atomic mass is 10.0. The van der Waals surface area contributed by atoms with Gasteiger partial charge in [-0.2, -0.15) is 26.3 Å². The van der Waals surface area contributed by atoms with Crippen molar-refractivity contribution >= 4 is 86.7 Å². The third-order valence-electron chi connectivity index (χ3n) is 10.3. The normalized spacial score (nSPS) is 14.6. The standard InChI is InChI=1S/C20H18Cl2F3N3O3.C14H8ClF3N2O4.C12H15ClN2O2.H2/c21-15-8-13(1-2-14(15)20(23,24)25)27-19(31)28-5-3-11(4-6-28)18-16(22)7-12(9-26-18)17(30)10-29;15-12-7-8(1-6-11(12)14(16,17)18)19-13(21)24-10-4-2-9(3-5-10)20(22)23;13-10-5-9(11(17)7-16)6-15-12(10)8-1-3-14-4-2-8;/h1-3,7-9,17,29-30H,4-6,10H2,(H,27,31);1-7H,(H,19,21);1,5-6,11,14,16-17H,2-4,7H2;1H/t17-;;11-;/m1.1./s1/i;;;1+1D. The molecule has 386 valence electrons. The van der Waals surface area contributed by atoms with Crippen LogP contribution < -0.4 is 20.7 Å². The van der Waals surface area contributed by atoms with E-state index in [9.17, 15) is 56.3 Å². The summed E-state index contributed by atoms with van der Waals surface area (Å²) in [5.41, 5.74) is 2.12. The summed E-state index contributed by atoms with van der Waals surface area (Å²) in [6.45, 7) is 1.55. The number of nitrogens with zero attached hydrogens (tertiary/aromatic N) is 4. The summed E-state index contributed by atoms with van der Waals surface area (Å²) in [4.78, 5) is 44.0. The Morgan fingerprint density at radius 1 is 0.764 bits per heavy atom. The number of nitro groups is 1. The summed E-state index contributed by atoms with van der Waals surface area (Å²) >= 11 is 23.6. The van der Waals surface area contributed by atoms with Crippen molar-refractivity contribution in [3.63, 3.8) is 0 Å². The van der Waals surface area contributed by atoms with Crippen LogP contribution in [-0.2, 0) is 12.4 Å². The Hall–Kier alpha value is -6.08. The summed E-state index contributed by atoms with van der Waals surface area (Å²) in [7, 11) is 0. The van der Waals surface area contributed by atoms with Crippen molar-refractivity contribution in [2.24, 2.45) is 0 Å². The topological polar surface area (TPSA) is 233 Å². The number of nitrogens with one attached hydrogen (secondary N) is 3. The SMILES string of the molecule is O=C(Nc1ccc(C(F)(F)F)c(Cl)c1)N1CC=C(c2ncc([C@H](O)CO)cc2Cl)CC1.O=C(Nc1ccc(C(F)(F)F)c(Cl)c1)Oc1ccc([N+](=O)[O-])cc1.OC[C@@H](O)c1cnc(C2=CCNCC2)c(Cl)c1.[2H][2H]. The number of pyridine rings is 2. The highest BCUT2D eigenvalue weighted by atomic mass is 35.5. The number of non-ortho nitro benzene ring substituents is 1. The molecular weight excluding hydrogens is 1050 g/mol. The van der Waals surface area contributed by atoms with Crippen LogP contribution >= 0.6 is 46.4 Å². The van der Waals surface area contributed by atoms with Crippen LogP contribution in [0.3, 0.4) is 0 Å². The average molecular weight is 1100 g/mol. The summed E-state index contributed by atoms with van der Waals surface area (Å²) in [6.07, 6.45) is -3.97. The van der Waals surface area contributed by atoms with Gasteiger partial charge in [0, 0.05) is 69.6 Å². The van der Waals surface area contributed by atoms with E-state index in [1.54, 1.807) is 18.3 Å². The molecule has 0 unspecified atom stereocenters. The van der Waals surface area contributed by atoms with Crippen LogP contribution in [0.15, 0.2) is 97.3 Å². The Kier molecular flexibility index (Phi) is 19.6. The fourth-order valence-electron chi connectivity index (χ4n) is 6.59. The minimum atomic E-state index is -4.60. The highest BCUT2D eigenvalue weighted by molar-refractivity contribution is 6.33. The second-order valence-electron chi connectivity index (χ2n) is 15.3. The van der Waals surface area contributed by atoms with Crippen molar-refractivity contribution in [1.29, 1.82) is 0 Å². The molecule has 0 fully saturated rings. The van der Waals surface area contributed by atoms with Gasteiger partial charge in [-0.15, -0.1) is 0 Å². The number of benzene rings is 3. The van der Waals surface area contributed by atoms with Gasteiger partial charge in [0.1, 0.15) is 18.0 Å². The number of aromatic nitrogens is 2. The van der Waals surface area contributed by atoms with Crippen LogP contribution in [0.4, 0.5) is 53.0 Å².